The maximum Gasteiger partial charge on any atom is 0.227 e. The molecule has 23 heavy (non-hydrogen) atoms. The number of amides is 1. The molecule has 3 N–H and O–H groups in total. The number of hydrogen-bond donors (Lipinski definition) is 2. The minimum atomic E-state index is -0.382. The number of rotatable bonds is 7. The van der Waals surface area contributed by atoms with Gasteiger partial charge in [0.25, 0.3) is 0 Å². The Hall–Kier alpha value is -2.20. The molecule has 0 saturated carbocycles. The van der Waals surface area contributed by atoms with Gasteiger partial charge in [-0.3, -0.25) is 4.79 Å². The summed E-state index contributed by atoms with van der Waals surface area (Å²) in [6.07, 6.45) is 1.74. The Bertz CT molecular complexity index is 643. The number of hydrogen-bond acceptors (Lipinski definition) is 2. The van der Waals surface area contributed by atoms with Crippen LogP contribution in [-0.4, -0.2) is 19.0 Å². The van der Waals surface area contributed by atoms with Gasteiger partial charge in [-0.15, -0.1) is 0 Å². The Morgan fingerprint density at radius 2 is 1.91 bits per heavy atom. The smallest absolute Gasteiger partial charge is 0.227 e. The number of halogens is 1. The monoisotopic (exact) mass is 314 g/mol. The van der Waals surface area contributed by atoms with Crippen molar-refractivity contribution < 1.29 is 9.18 Å². The Kier molecular flexibility index (Phi) is 6.29. The van der Waals surface area contributed by atoms with Crippen LogP contribution in [0.3, 0.4) is 0 Å². The largest absolute Gasteiger partial charge is 0.356 e. The third kappa shape index (κ3) is 4.63. The third-order valence-electron chi connectivity index (χ3n) is 3.90. The number of benzene rings is 2. The van der Waals surface area contributed by atoms with E-state index in [1.54, 1.807) is 13.0 Å². The van der Waals surface area contributed by atoms with Crippen molar-refractivity contribution >= 4 is 5.91 Å². The fraction of sp³-hybridized carbons (Fsp3) is 0.316. The topological polar surface area (TPSA) is 55.1 Å². The lowest BCUT2D eigenvalue weighted by Gasteiger charge is -2.14. The van der Waals surface area contributed by atoms with Crippen molar-refractivity contribution in [3.05, 3.63) is 59.9 Å². The predicted molar refractivity (Wildman–Crippen MR) is 91.5 cm³/mol. The summed E-state index contributed by atoms with van der Waals surface area (Å²) in [4.78, 5) is 12.1. The molecule has 2 rings (SSSR count). The fourth-order valence-electron chi connectivity index (χ4n) is 2.44. The van der Waals surface area contributed by atoms with E-state index in [4.69, 9.17) is 5.73 Å². The van der Waals surface area contributed by atoms with E-state index >= 15 is 0 Å². The lowest BCUT2D eigenvalue weighted by atomic mass is 9.96. The highest BCUT2D eigenvalue weighted by Crippen LogP contribution is 2.26. The number of nitrogens with one attached hydrogen (secondary N) is 1. The highest BCUT2D eigenvalue weighted by molar-refractivity contribution is 5.83. The zero-order chi connectivity index (χ0) is 16.7. The van der Waals surface area contributed by atoms with Gasteiger partial charge < -0.3 is 11.1 Å². The molecule has 0 saturated heterocycles. The summed E-state index contributed by atoms with van der Waals surface area (Å²) < 4.78 is 14.4. The number of nitrogens with two attached hydrogens (primary N) is 1. The molecule has 2 aromatic carbocycles. The van der Waals surface area contributed by atoms with Crippen LogP contribution in [0, 0.1) is 5.82 Å². The van der Waals surface area contributed by atoms with Crippen molar-refractivity contribution in [2.45, 2.75) is 25.7 Å². The summed E-state index contributed by atoms with van der Waals surface area (Å²) >= 11 is 0. The molecule has 0 fully saturated rings. The van der Waals surface area contributed by atoms with Crippen molar-refractivity contribution in [2.75, 3.05) is 13.1 Å². The lowest BCUT2D eigenvalue weighted by molar-refractivity contribution is -0.122. The van der Waals surface area contributed by atoms with Crippen molar-refractivity contribution in [1.29, 1.82) is 0 Å². The van der Waals surface area contributed by atoms with Crippen molar-refractivity contribution in [3.8, 4) is 11.1 Å². The van der Waals surface area contributed by atoms with Crippen LogP contribution >= 0.6 is 0 Å². The van der Waals surface area contributed by atoms with Crippen LogP contribution in [0.2, 0.25) is 0 Å². The lowest BCUT2D eigenvalue weighted by Crippen LogP contribution is -2.29. The predicted octanol–water partition coefficient (Wildman–Crippen LogP) is 3.45. The Morgan fingerprint density at radius 1 is 1.17 bits per heavy atom. The van der Waals surface area contributed by atoms with Gasteiger partial charge in [0.1, 0.15) is 5.82 Å². The average Bonchev–Trinajstić information content (AvgIpc) is 2.58. The highest BCUT2D eigenvalue weighted by Gasteiger charge is 2.16. The molecule has 122 valence electrons. The number of carbonyl (C=O) groups is 1. The molecule has 0 bridgehead atoms. The maximum absolute atomic E-state index is 14.4. The van der Waals surface area contributed by atoms with E-state index in [2.05, 4.69) is 5.32 Å². The van der Waals surface area contributed by atoms with Crippen LogP contribution in [0.1, 0.15) is 31.2 Å². The molecule has 3 nitrogen and oxygen atoms in total. The maximum atomic E-state index is 14.4. The minimum Gasteiger partial charge on any atom is -0.356 e. The van der Waals surface area contributed by atoms with E-state index in [1.165, 1.54) is 6.07 Å². The quantitative estimate of drug-likeness (QED) is 0.769. The molecule has 0 unspecified atom stereocenters. The first-order valence-corrected chi connectivity index (χ1v) is 7.96. The molecule has 0 aromatic heterocycles. The van der Waals surface area contributed by atoms with Crippen molar-refractivity contribution in [3.63, 3.8) is 0 Å². The summed E-state index contributed by atoms with van der Waals surface area (Å²) in [7, 11) is 0. The molecule has 1 amide bonds. The molecular formula is C19H23FN2O. The van der Waals surface area contributed by atoms with Crippen LogP contribution in [0.5, 0.6) is 0 Å². The van der Waals surface area contributed by atoms with E-state index in [1.807, 2.05) is 36.4 Å². The fourth-order valence-corrected chi connectivity index (χ4v) is 2.44. The first-order chi connectivity index (χ1) is 11.1. The Morgan fingerprint density at radius 3 is 2.57 bits per heavy atom. The van der Waals surface area contributed by atoms with E-state index in [9.17, 15) is 9.18 Å². The van der Waals surface area contributed by atoms with Gasteiger partial charge in [0.05, 0.1) is 5.92 Å². The van der Waals surface area contributed by atoms with Crippen LogP contribution in [-0.2, 0) is 4.79 Å². The van der Waals surface area contributed by atoms with E-state index in [0.717, 1.165) is 18.4 Å². The first-order valence-electron chi connectivity index (χ1n) is 7.96. The SMILES string of the molecule is C[C@@H](C(=O)NCCCCN)c1ccc(-c2ccccc2)c(F)c1. The number of carbonyl (C=O) groups excluding carboxylic acids is 1. The zero-order valence-corrected chi connectivity index (χ0v) is 13.4. The van der Waals surface area contributed by atoms with Gasteiger partial charge in [-0.2, -0.15) is 0 Å². The molecule has 1 atom stereocenters. The molecule has 0 spiro atoms. The van der Waals surface area contributed by atoms with Crippen LogP contribution in [0.15, 0.2) is 48.5 Å². The molecule has 0 aliphatic rings. The Balaban J connectivity index is 2.06. The molecule has 0 aliphatic carbocycles. The molecule has 0 aliphatic heterocycles. The summed E-state index contributed by atoms with van der Waals surface area (Å²) in [5, 5.41) is 2.86. The summed E-state index contributed by atoms with van der Waals surface area (Å²) in [5.41, 5.74) is 7.48. The first kappa shape index (κ1) is 17.2. The summed E-state index contributed by atoms with van der Waals surface area (Å²) in [6.45, 7) is 3.01. The molecule has 0 radical (unpaired) electrons. The van der Waals surface area contributed by atoms with E-state index in [-0.39, 0.29) is 17.6 Å². The van der Waals surface area contributed by atoms with Gasteiger partial charge in [0, 0.05) is 12.1 Å². The minimum absolute atomic E-state index is 0.0890. The van der Waals surface area contributed by atoms with Gasteiger partial charge in [-0.05, 0) is 43.5 Å². The van der Waals surface area contributed by atoms with Gasteiger partial charge in [-0.1, -0.05) is 42.5 Å². The molecule has 0 heterocycles. The van der Waals surface area contributed by atoms with E-state index in [0.29, 0.717) is 24.2 Å². The summed E-state index contributed by atoms with van der Waals surface area (Å²) in [6, 6.07) is 14.4. The number of unbranched alkanes of at least 4 members (excludes halogenated alkanes) is 1. The molecule has 2 aromatic rings. The summed E-state index contributed by atoms with van der Waals surface area (Å²) in [5.74, 6) is -0.780. The van der Waals surface area contributed by atoms with Gasteiger partial charge >= 0.3 is 0 Å². The third-order valence-corrected chi connectivity index (χ3v) is 3.90. The van der Waals surface area contributed by atoms with Crippen molar-refractivity contribution in [1.82, 2.24) is 5.32 Å². The van der Waals surface area contributed by atoms with Gasteiger partial charge in [0.2, 0.25) is 5.91 Å². The van der Waals surface area contributed by atoms with Crippen LogP contribution < -0.4 is 11.1 Å². The molecular weight excluding hydrogens is 291 g/mol. The van der Waals surface area contributed by atoms with Gasteiger partial charge in [-0.25, -0.2) is 4.39 Å². The normalized spacial score (nSPS) is 12.0. The second kappa shape index (κ2) is 8.44. The second-order valence-electron chi connectivity index (χ2n) is 5.61. The zero-order valence-electron chi connectivity index (χ0n) is 13.4. The van der Waals surface area contributed by atoms with Crippen molar-refractivity contribution in [2.24, 2.45) is 5.73 Å². The Labute approximate surface area is 136 Å². The van der Waals surface area contributed by atoms with Gasteiger partial charge in [0.15, 0.2) is 0 Å². The van der Waals surface area contributed by atoms with Crippen LogP contribution in [0.25, 0.3) is 11.1 Å². The molecule has 4 heteroatoms. The van der Waals surface area contributed by atoms with E-state index < -0.39 is 0 Å². The highest BCUT2D eigenvalue weighted by atomic mass is 19.1. The standard InChI is InChI=1S/C19H23FN2O/c1-14(19(23)22-12-6-5-11-21)16-9-10-17(18(20)13-16)15-7-3-2-4-8-15/h2-4,7-10,13-14H,5-6,11-12,21H2,1H3,(H,22,23)/t14-/m1/s1. The van der Waals surface area contributed by atoms with Crippen LogP contribution in [0.4, 0.5) is 4.39 Å². The second-order valence-corrected chi connectivity index (χ2v) is 5.61. The average molecular weight is 314 g/mol.